The summed E-state index contributed by atoms with van der Waals surface area (Å²) in [5.74, 6) is 0.210. The van der Waals surface area contributed by atoms with Gasteiger partial charge in [-0.25, -0.2) is 17.9 Å². The number of hydrogen-bond donors (Lipinski definition) is 2. The number of hydrogen-bond acceptors (Lipinski definition) is 6. The number of anilines is 1. The Morgan fingerprint density at radius 1 is 1.03 bits per heavy atom. The molecule has 0 saturated carbocycles. The van der Waals surface area contributed by atoms with Crippen LogP contribution >= 0.6 is 0 Å². The van der Waals surface area contributed by atoms with Crippen LogP contribution in [0.5, 0.6) is 5.75 Å². The van der Waals surface area contributed by atoms with E-state index in [1.807, 2.05) is 4.72 Å². The minimum absolute atomic E-state index is 0.0162. The van der Waals surface area contributed by atoms with E-state index in [0.29, 0.717) is 17.0 Å². The molecule has 3 amide bonds. The van der Waals surface area contributed by atoms with Gasteiger partial charge in [-0.2, -0.15) is 0 Å². The fourth-order valence-electron chi connectivity index (χ4n) is 3.34. The summed E-state index contributed by atoms with van der Waals surface area (Å²) < 4.78 is 32.6. The molecule has 0 spiro atoms. The van der Waals surface area contributed by atoms with E-state index < -0.39 is 28.0 Å². The minimum atomic E-state index is -4.13. The first-order valence-electron chi connectivity index (χ1n) is 10.4. The maximum atomic E-state index is 13.3. The van der Waals surface area contributed by atoms with Gasteiger partial charge in [0.25, 0.3) is 10.0 Å². The van der Waals surface area contributed by atoms with Crippen LogP contribution in [0.3, 0.4) is 0 Å². The largest absolute Gasteiger partial charge is 0.497 e. The van der Waals surface area contributed by atoms with Crippen LogP contribution in [0.2, 0.25) is 0 Å². The van der Waals surface area contributed by atoms with Gasteiger partial charge < -0.3 is 15.0 Å². The van der Waals surface area contributed by atoms with Crippen molar-refractivity contribution < 1.29 is 22.7 Å². The molecule has 0 bridgehead atoms. The van der Waals surface area contributed by atoms with Crippen LogP contribution in [-0.2, 0) is 21.2 Å². The number of sulfonamides is 1. The second kappa shape index (κ2) is 10.8. The van der Waals surface area contributed by atoms with Crippen LogP contribution in [-0.4, -0.2) is 45.5 Å². The monoisotopic (exact) mass is 482 g/mol. The summed E-state index contributed by atoms with van der Waals surface area (Å²) in [5.41, 5.74) is 1.82. The summed E-state index contributed by atoms with van der Waals surface area (Å²) in [5, 5.41) is 2.52. The molecule has 3 aromatic rings. The smallest absolute Gasteiger partial charge is 0.329 e. The summed E-state index contributed by atoms with van der Waals surface area (Å²) in [7, 11) is -1.00. The number of pyridine rings is 1. The van der Waals surface area contributed by atoms with Crippen LogP contribution in [0.25, 0.3) is 0 Å². The van der Waals surface area contributed by atoms with Gasteiger partial charge in [0.1, 0.15) is 11.8 Å². The van der Waals surface area contributed by atoms with Crippen molar-refractivity contribution in [1.29, 1.82) is 0 Å². The van der Waals surface area contributed by atoms with Gasteiger partial charge in [0.05, 0.1) is 12.0 Å². The number of nitrogens with one attached hydrogen (secondary N) is 2. The first kappa shape index (κ1) is 24.7. The number of nitrogens with zero attached hydrogens (tertiary/aromatic N) is 2. The van der Waals surface area contributed by atoms with E-state index in [9.17, 15) is 18.0 Å². The molecule has 1 heterocycles. The minimum Gasteiger partial charge on any atom is -0.497 e. The van der Waals surface area contributed by atoms with Crippen molar-refractivity contribution in [2.24, 2.45) is 0 Å². The predicted molar refractivity (Wildman–Crippen MR) is 128 cm³/mol. The number of methoxy groups -OCH3 is 1. The summed E-state index contributed by atoms with van der Waals surface area (Å²) >= 11 is 0. The molecule has 10 heteroatoms. The lowest BCUT2D eigenvalue weighted by atomic mass is 10.1. The van der Waals surface area contributed by atoms with E-state index in [2.05, 4.69) is 10.3 Å². The van der Waals surface area contributed by atoms with E-state index >= 15 is 0 Å². The third kappa shape index (κ3) is 6.10. The van der Waals surface area contributed by atoms with E-state index in [-0.39, 0.29) is 11.3 Å². The first-order chi connectivity index (χ1) is 16.2. The number of urea groups is 1. The lowest BCUT2D eigenvalue weighted by Crippen LogP contribution is -2.52. The lowest BCUT2D eigenvalue weighted by Gasteiger charge is -2.25. The molecule has 34 heavy (non-hydrogen) atoms. The number of aromatic nitrogens is 1. The zero-order valence-corrected chi connectivity index (χ0v) is 19.9. The second-order valence-electron chi connectivity index (χ2n) is 7.55. The molecule has 2 aromatic carbocycles. The van der Waals surface area contributed by atoms with Gasteiger partial charge >= 0.3 is 6.03 Å². The fraction of sp³-hybridized carbons (Fsp3) is 0.208. The highest BCUT2D eigenvalue weighted by atomic mass is 32.2. The highest BCUT2D eigenvalue weighted by molar-refractivity contribution is 7.90. The van der Waals surface area contributed by atoms with E-state index in [0.717, 1.165) is 5.56 Å². The van der Waals surface area contributed by atoms with Gasteiger partial charge in [-0.1, -0.05) is 18.2 Å². The predicted octanol–water partition coefficient (Wildman–Crippen LogP) is 2.66. The molecule has 1 aromatic heterocycles. The number of amides is 3. The Bertz CT molecular complexity index is 1250. The molecule has 1 unspecified atom stereocenters. The number of rotatable bonds is 8. The van der Waals surface area contributed by atoms with Crippen molar-refractivity contribution in [2.75, 3.05) is 19.1 Å². The molecular formula is C24H26N4O5S. The Morgan fingerprint density at radius 3 is 2.29 bits per heavy atom. The van der Waals surface area contributed by atoms with Gasteiger partial charge in [0.2, 0.25) is 5.91 Å². The Kier molecular flexibility index (Phi) is 7.85. The molecule has 2 N–H and O–H groups in total. The highest BCUT2D eigenvalue weighted by Crippen LogP contribution is 2.19. The van der Waals surface area contributed by atoms with Crippen LogP contribution in [0, 0.1) is 6.92 Å². The van der Waals surface area contributed by atoms with Gasteiger partial charge in [-0.05, 0) is 60.5 Å². The lowest BCUT2D eigenvalue weighted by molar-refractivity contribution is -0.120. The second-order valence-corrected chi connectivity index (χ2v) is 9.20. The van der Waals surface area contributed by atoms with E-state index in [4.69, 9.17) is 4.74 Å². The van der Waals surface area contributed by atoms with Crippen molar-refractivity contribution in [1.82, 2.24) is 15.0 Å². The number of benzene rings is 2. The normalized spacial score (nSPS) is 11.9. The van der Waals surface area contributed by atoms with Gasteiger partial charge in [0.15, 0.2) is 0 Å². The zero-order valence-electron chi connectivity index (χ0n) is 19.1. The Balaban J connectivity index is 1.81. The van der Waals surface area contributed by atoms with Crippen LogP contribution in [0.1, 0.15) is 11.1 Å². The zero-order chi connectivity index (χ0) is 24.7. The molecular weight excluding hydrogens is 456 g/mol. The van der Waals surface area contributed by atoms with Crippen LogP contribution in [0.4, 0.5) is 10.5 Å². The van der Waals surface area contributed by atoms with Crippen molar-refractivity contribution in [3.8, 4) is 5.75 Å². The summed E-state index contributed by atoms with van der Waals surface area (Å²) in [6.45, 7) is 1.63. The first-order valence-corrected chi connectivity index (χ1v) is 11.9. The van der Waals surface area contributed by atoms with Gasteiger partial charge in [-0.3, -0.25) is 9.78 Å². The summed E-state index contributed by atoms with van der Waals surface area (Å²) in [6, 6.07) is 14.6. The van der Waals surface area contributed by atoms with Gasteiger partial charge in [0, 0.05) is 31.5 Å². The number of carbonyl (C=O) groups is 2. The van der Waals surface area contributed by atoms with E-state index in [1.54, 1.807) is 88.1 Å². The third-order valence-electron chi connectivity index (χ3n) is 5.19. The van der Waals surface area contributed by atoms with Crippen LogP contribution in [0.15, 0.2) is 78.0 Å². The molecule has 0 aliphatic rings. The third-order valence-corrected chi connectivity index (χ3v) is 6.68. The molecule has 178 valence electrons. The summed E-state index contributed by atoms with van der Waals surface area (Å²) in [4.78, 5) is 31.3. The molecule has 0 aliphatic carbocycles. The quantitative estimate of drug-likeness (QED) is 0.510. The molecule has 0 fully saturated rings. The molecule has 0 radical (unpaired) electrons. The average Bonchev–Trinajstić information content (AvgIpc) is 2.83. The number of carbonyl (C=O) groups excluding carboxylic acids is 2. The molecule has 1 atom stereocenters. The van der Waals surface area contributed by atoms with Crippen molar-refractivity contribution in [3.63, 3.8) is 0 Å². The maximum absolute atomic E-state index is 13.3. The molecule has 0 aliphatic heterocycles. The number of likely N-dealkylation sites (N-methyl/N-ethyl adjacent to an activating group) is 1. The average molecular weight is 483 g/mol. The molecule has 0 saturated heterocycles. The van der Waals surface area contributed by atoms with Gasteiger partial charge in [-0.15, -0.1) is 0 Å². The Morgan fingerprint density at radius 2 is 1.68 bits per heavy atom. The topological polar surface area (TPSA) is 118 Å². The maximum Gasteiger partial charge on any atom is 0.329 e. The number of aryl methyl sites for hydroxylation is 1. The summed E-state index contributed by atoms with van der Waals surface area (Å²) in [6.07, 6.45) is 3.29. The Hall–Kier alpha value is -3.92. The van der Waals surface area contributed by atoms with Crippen molar-refractivity contribution in [2.45, 2.75) is 24.3 Å². The Labute approximate surface area is 198 Å². The van der Waals surface area contributed by atoms with Crippen molar-refractivity contribution in [3.05, 3.63) is 84.2 Å². The molecule has 3 rings (SSSR count). The number of ether oxygens (including phenoxy) is 1. The standard InChI is InChI=1S/C24H26N4O5S/c1-17-6-4-5-7-22(17)34(31,32)27-24(30)26-21(16-18-12-14-25-15-13-18)23(29)28(2)19-8-10-20(33-3)11-9-19/h4-15,21H,16H2,1-3H3,(H2,26,27,30). The SMILES string of the molecule is COc1ccc(N(C)C(=O)C(Cc2ccncc2)NC(=O)NS(=O)(=O)c2ccccc2C)cc1. The van der Waals surface area contributed by atoms with Crippen molar-refractivity contribution >= 4 is 27.6 Å². The molecule has 9 nitrogen and oxygen atoms in total. The highest BCUT2D eigenvalue weighted by Gasteiger charge is 2.27. The fourth-order valence-corrected chi connectivity index (χ4v) is 4.51. The van der Waals surface area contributed by atoms with E-state index in [1.165, 1.54) is 11.0 Å². The van der Waals surface area contributed by atoms with Crippen LogP contribution < -0.4 is 19.7 Å².